The number of rotatable bonds is 2. The van der Waals surface area contributed by atoms with Crippen molar-refractivity contribution >= 4 is 43.2 Å². The molecule has 0 amide bonds. The molecule has 2 aromatic carbocycles. The van der Waals surface area contributed by atoms with E-state index >= 15 is 0 Å². The molecule has 0 fully saturated rings. The molecule has 3 aromatic rings. The quantitative estimate of drug-likeness (QED) is 0.688. The van der Waals surface area contributed by atoms with E-state index in [2.05, 4.69) is 20.9 Å². The second-order valence-electron chi connectivity index (χ2n) is 4.15. The van der Waals surface area contributed by atoms with Gasteiger partial charge in [0, 0.05) is 10.5 Å². The molecule has 0 aliphatic heterocycles. The maximum absolute atomic E-state index is 6.02. The molecule has 1 aromatic heterocycles. The third-order valence-corrected chi connectivity index (χ3v) is 4.08. The Hall–Kier alpha value is -1.59. The fourth-order valence-corrected chi connectivity index (χ4v) is 3.07. The Morgan fingerprint density at radius 2 is 2.11 bits per heavy atom. The van der Waals surface area contributed by atoms with Crippen LogP contribution in [0.4, 0.5) is 5.69 Å². The molecule has 3 rings (SSSR count). The highest BCUT2D eigenvalue weighted by atomic mass is 79.9. The Labute approximate surface area is 123 Å². The fraction of sp³-hybridized carbons (Fsp3) is 0.0714. The summed E-state index contributed by atoms with van der Waals surface area (Å²) >= 11 is 5.04. The number of hydrogen-bond donors (Lipinski definition) is 1. The molecule has 0 atom stereocenters. The molecule has 0 aliphatic carbocycles. The fourth-order valence-electron chi connectivity index (χ4n) is 1.83. The molecule has 0 aliphatic rings. The van der Waals surface area contributed by atoms with Gasteiger partial charge in [-0.1, -0.05) is 22.0 Å². The van der Waals surface area contributed by atoms with Crippen molar-refractivity contribution in [3.63, 3.8) is 0 Å². The van der Waals surface area contributed by atoms with E-state index in [0.29, 0.717) is 11.4 Å². The van der Waals surface area contributed by atoms with Crippen LogP contribution < -0.4 is 10.5 Å². The zero-order chi connectivity index (χ0) is 13.4. The van der Waals surface area contributed by atoms with Crippen molar-refractivity contribution in [3.8, 4) is 11.5 Å². The average molecular weight is 335 g/mol. The number of nitrogen functional groups attached to an aromatic ring is 1. The van der Waals surface area contributed by atoms with Gasteiger partial charge in [-0.05, 0) is 31.2 Å². The summed E-state index contributed by atoms with van der Waals surface area (Å²) in [4.78, 5) is 4.45. The van der Waals surface area contributed by atoms with Gasteiger partial charge in [0.1, 0.15) is 5.75 Å². The van der Waals surface area contributed by atoms with Gasteiger partial charge >= 0.3 is 0 Å². The number of ether oxygens (including phenoxy) is 1. The first kappa shape index (κ1) is 12.4. The summed E-state index contributed by atoms with van der Waals surface area (Å²) in [6, 6.07) is 11.4. The van der Waals surface area contributed by atoms with Gasteiger partial charge < -0.3 is 10.5 Å². The molecule has 3 nitrogen and oxygen atoms in total. The van der Waals surface area contributed by atoms with E-state index in [0.717, 1.165) is 25.4 Å². The topological polar surface area (TPSA) is 48.1 Å². The van der Waals surface area contributed by atoms with Crippen LogP contribution in [0.1, 0.15) is 5.01 Å². The summed E-state index contributed by atoms with van der Waals surface area (Å²) < 4.78 is 7.86. The first-order valence-electron chi connectivity index (χ1n) is 5.72. The van der Waals surface area contributed by atoms with Gasteiger partial charge in [0.2, 0.25) is 0 Å². The lowest BCUT2D eigenvalue weighted by Crippen LogP contribution is -1.92. The van der Waals surface area contributed by atoms with Gasteiger partial charge in [-0.25, -0.2) is 4.98 Å². The summed E-state index contributed by atoms with van der Waals surface area (Å²) in [6.45, 7) is 1.98. The zero-order valence-corrected chi connectivity index (χ0v) is 12.6. The number of fused-ring (bicyclic) bond motifs is 1. The highest BCUT2D eigenvalue weighted by Crippen LogP contribution is 2.34. The Kier molecular flexibility index (Phi) is 3.16. The molecule has 2 N–H and O–H groups in total. The molecule has 19 heavy (non-hydrogen) atoms. The van der Waals surface area contributed by atoms with Crippen molar-refractivity contribution < 1.29 is 4.74 Å². The van der Waals surface area contributed by atoms with E-state index in [-0.39, 0.29) is 0 Å². The SMILES string of the molecule is Cc1nc2cc(Oc3cccc(Br)c3)c(N)cc2s1. The van der Waals surface area contributed by atoms with Crippen molar-refractivity contribution in [2.45, 2.75) is 6.92 Å². The summed E-state index contributed by atoms with van der Waals surface area (Å²) in [5.74, 6) is 1.38. The number of aryl methyl sites for hydroxylation is 1. The smallest absolute Gasteiger partial charge is 0.152 e. The predicted octanol–water partition coefficient (Wildman–Crippen LogP) is 4.74. The van der Waals surface area contributed by atoms with Crippen LogP contribution in [0.3, 0.4) is 0 Å². The highest BCUT2D eigenvalue weighted by Gasteiger charge is 2.08. The van der Waals surface area contributed by atoms with Crippen LogP contribution in [-0.4, -0.2) is 4.98 Å². The maximum Gasteiger partial charge on any atom is 0.152 e. The molecular weight excluding hydrogens is 324 g/mol. The third kappa shape index (κ3) is 2.57. The van der Waals surface area contributed by atoms with Crippen LogP contribution in [0.2, 0.25) is 0 Å². The lowest BCUT2D eigenvalue weighted by atomic mass is 10.2. The minimum atomic E-state index is 0.621. The van der Waals surface area contributed by atoms with Crippen LogP contribution in [0, 0.1) is 6.92 Å². The molecule has 0 saturated carbocycles. The van der Waals surface area contributed by atoms with E-state index in [1.54, 1.807) is 11.3 Å². The molecule has 5 heteroatoms. The molecule has 96 valence electrons. The number of hydrogen-bond acceptors (Lipinski definition) is 4. The van der Waals surface area contributed by atoms with Crippen LogP contribution in [0.15, 0.2) is 40.9 Å². The number of nitrogens with two attached hydrogens (primary N) is 1. The van der Waals surface area contributed by atoms with Crippen LogP contribution in [-0.2, 0) is 0 Å². The zero-order valence-electron chi connectivity index (χ0n) is 10.2. The summed E-state index contributed by atoms with van der Waals surface area (Å²) in [5, 5.41) is 1.02. The normalized spacial score (nSPS) is 10.8. The van der Waals surface area contributed by atoms with Gasteiger partial charge in [0.15, 0.2) is 5.75 Å². The molecule has 0 unspecified atom stereocenters. The maximum atomic E-state index is 6.02. The number of anilines is 1. The van der Waals surface area contributed by atoms with Crippen molar-refractivity contribution in [2.75, 3.05) is 5.73 Å². The number of thiazole rings is 1. The monoisotopic (exact) mass is 334 g/mol. The van der Waals surface area contributed by atoms with Crippen molar-refractivity contribution in [3.05, 3.63) is 45.9 Å². The van der Waals surface area contributed by atoms with Crippen molar-refractivity contribution in [1.82, 2.24) is 4.98 Å². The van der Waals surface area contributed by atoms with E-state index in [9.17, 15) is 0 Å². The molecule has 0 radical (unpaired) electrons. The highest BCUT2D eigenvalue weighted by molar-refractivity contribution is 9.10. The number of aromatic nitrogens is 1. The molecule has 0 saturated heterocycles. The lowest BCUT2D eigenvalue weighted by Gasteiger charge is -2.08. The second-order valence-corrected chi connectivity index (χ2v) is 6.30. The number of benzene rings is 2. The largest absolute Gasteiger partial charge is 0.455 e. The molecule has 0 bridgehead atoms. The van der Waals surface area contributed by atoms with Crippen molar-refractivity contribution in [1.29, 1.82) is 0 Å². The van der Waals surface area contributed by atoms with Gasteiger partial charge in [-0.15, -0.1) is 11.3 Å². The standard InChI is InChI=1S/C14H11BrN2OS/c1-8-17-12-7-13(11(16)6-14(12)19-8)18-10-4-2-3-9(15)5-10/h2-7H,16H2,1H3. The molecule has 0 spiro atoms. The summed E-state index contributed by atoms with van der Waals surface area (Å²) in [6.07, 6.45) is 0. The Morgan fingerprint density at radius 3 is 2.89 bits per heavy atom. The lowest BCUT2D eigenvalue weighted by molar-refractivity contribution is 0.485. The number of halogens is 1. The van der Waals surface area contributed by atoms with Gasteiger partial charge in [-0.2, -0.15) is 0 Å². The van der Waals surface area contributed by atoms with E-state index in [1.807, 2.05) is 43.3 Å². The summed E-state index contributed by atoms with van der Waals surface area (Å²) in [5.41, 5.74) is 7.56. The van der Waals surface area contributed by atoms with Gasteiger partial charge in [0.05, 0.1) is 20.9 Å². The minimum Gasteiger partial charge on any atom is -0.455 e. The van der Waals surface area contributed by atoms with Crippen LogP contribution in [0.25, 0.3) is 10.2 Å². The average Bonchev–Trinajstić information content (AvgIpc) is 2.69. The first-order valence-corrected chi connectivity index (χ1v) is 7.33. The van der Waals surface area contributed by atoms with Crippen LogP contribution >= 0.6 is 27.3 Å². The van der Waals surface area contributed by atoms with Gasteiger partial charge in [-0.3, -0.25) is 0 Å². The van der Waals surface area contributed by atoms with Crippen molar-refractivity contribution in [2.24, 2.45) is 0 Å². The minimum absolute atomic E-state index is 0.621. The van der Waals surface area contributed by atoms with Crippen LogP contribution in [0.5, 0.6) is 11.5 Å². The Morgan fingerprint density at radius 1 is 1.26 bits per heavy atom. The molecule has 1 heterocycles. The summed E-state index contributed by atoms with van der Waals surface area (Å²) in [7, 11) is 0. The Bertz CT molecular complexity index is 754. The second kappa shape index (κ2) is 4.83. The van der Waals surface area contributed by atoms with E-state index in [1.165, 1.54) is 0 Å². The van der Waals surface area contributed by atoms with Gasteiger partial charge in [0.25, 0.3) is 0 Å². The molecular formula is C14H11BrN2OS. The van der Waals surface area contributed by atoms with E-state index in [4.69, 9.17) is 10.5 Å². The Balaban J connectivity index is 2.02. The third-order valence-electron chi connectivity index (χ3n) is 2.65. The number of nitrogens with zero attached hydrogens (tertiary/aromatic N) is 1. The van der Waals surface area contributed by atoms with E-state index < -0.39 is 0 Å². The predicted molar refractivity (Wildman–Crippen MR) is 83.0 cm³/mol. The first-order chi connectivity index (χ1) is 9.11.